The van der Waals surface area contributed by atoms with E-state index in [9.17, 15) is 9.18 Å². The van der Waals surface area contributed by atoms with E-state index in [0.29, 0.717) is 159 Å². The molecule has 0 atom stereocenters. The van der Waals surface area contributed by atoms with Gasteiger partial charge in [-0.1, -0.05) is 0 Å². The minimum Gasteiger partial charge on any atom is -0.458 e. The molecular formula is C32H63FO15. The standard InChI is InChI=1S/C32H63FO15/c1-32(2,3)48-31(34)30-47-29-28-46-27-26-45-25-24-44-23-22-43-21-20-42-19-18-41-17-16-40-15-14-39-13-12-38-11-10-37-9-8-36-7-6-35-5-4-33/h4-30H2,1-3H3. The van der Waals surface area contributed by atoms with Crippen molar-refractivity contribution in [3.05, 3.63) is 0 Å². The lowest BCUT2D eigenvalue weighted by molar-refractivity contribution is -0.160. The zero-order valence-corrected chi connectivity index (χ0v) is 29.6. The fourth-order valence-electron chi connectivity index (χ4n) is 3.22. The summed E-state index contributed by atoms with van der Waals surface area (Å²) in [5, 5.41) is 0. The molecule has 48 heavy (non-hydrogen) atoms. The maximum atomic E-state index is 11.8. The second kappa shape index (κ2) is 38.7. The molecule has 0 aliphatic heterocycles. The minimum absolute atomic E-state index is 0.0872. The average Bonchev–Trinajstić information content (AvgIpc) is 3.05. The summed E-state index contributed by atoms with van der Waals surface area (Å²) in [5.74, 6) is -0.390. The lowest BCUT2D eigenvalue weighted by Crippen LogP contribution is -2.27. The lowest BCUT2D eigenvalue weighted by atomic mass is 10.2. The van der Waals surface area contributed by atoms with Crippen molar-refractivity contribution in [2.75, 3.05) is 178 Å². The van der Waals surface area contributed by atoms with Gasteiger partial charge in [0.15, 0.2) is 0 Å². The van der Waals surface area contributed by atoms with Crippen LogP contribution in [0.15, 0.2) is 0 Å². The highest BCUT2D eigenvalue weighted by Gasteiger charge is 2.15. The fourth-order valence-corrected chi connectivity index (χ4v) is 3.22. The third-order valence-corrected chi connectivity index (χ3v) is 5.33. The summed E-state index contributed by atoms with van der Waals surface area (Å²) < 4.78 is 86.8. The van der Waals surface area contributed by atoms with Crippen molar-refractivity contribution >= 4 is 5.97 Å². The largest absolute Gasteiger partial charge is 0.458 e. The molecule has 15 nitrogen and oxygen atoms in total. The van der Waals surface area contributed by atoms with Gasteiger partial charge in [0.2, 0.25) is 0 Å². The van der Waals surface area contributed by atoms with Crippen LogP contribution in [0, 0.1) is 0 Å². The quantitative estimate of drug-likeness (QED) is 0.0670. The van der Waals surface area contributed by atoms with Crippen LogP contribution in [0.25, 0.3) is 0 Å². The van der Waals surface area contributed by atoms with E-state index in [4.69, 9.17) is 66.3 Å². The summed E-state index contributed by atoms with van der Waals surface area (Å²) in [6.45, 7) is 16.0. The first-order valence-electron chi connectivity index (χ1n) is 16.7. The average molecular weight is 707 g/mol. The lowest BCUT2D eigenvalue weighted by Gasteiger charge is -2.19. The summed E-state index contributed by atoms with van der Waals surface area (Å²) in [6, 6.07) is 0. The molecule has 0 aliphatic rings. The summed E-state index contributed by atoms with van der Waals surface area (Å²) >= 11 is 0. The number of hydrogen-bond acceptors (Lipinski definition) is 15. The van der Waals surface area contributed by atoms with Gasteiger partial charge in [-0.3, -0.25) is 0 Å². The van der Waals surface area contributed by atoms with E-state index in [1.807, 2.05) is 20.8 Å². The summed E-state index contributed by atoms with van der Waals surface area (Å²) in [4.78, 5) is 11.5. The highest BCUT2D eigenvalue weighted by molar-refractivity contribution is 5.71. The van der Waals surface area contributed by atoms with Crippen molar-refractivity contribution < 1.29 is 75.5 Å². The van der Waals surface area contributed by atoms with E-state index in [1.165, 1.54) is 0 Å². The van der Waals surface area contributed by atoms with Crippen molar-refractivity contribution in [3.8, 4) is 0 Å². The smallest absolute Gasteiger partial charge is 0.332 e. The Kier molecular flexibility index (Phi) is 37.8. The molecular weight excluding hydrogens is 643 g/mol. The maximum absolute atomic E-state index is 11.8. The number of carbonyl (C=O) groups is 1. The van der Waals surface area contributed by atoms with Crippen molar-refractivity contribution in [2.24, 2.45) is 0 Å². The van der Waals surface area contributed by atoms with Crippen LogP contribution in [-0.2, 0) is 71.1 Å². The topological polar surface area (TPSA) is 146 Å². The van der Waals surface area contributed by atoms with Crippen LogP contribution >= 0.6 is 0 Å². The normalized spacial score (nSPS) is 11.8. The van der Waals surface area contributed by atoms with Crippen molar-refractivity contribution in [3.63, 3.8) is 0 Å². The van der Waals surface area contributed by atoms with Crippen LogP contribution in [-0.4, -0.2) is 190 Å². The predicted molar refractivity (Wildman–Crippen MR) is 172 cm³/mol. The molecule has 0 fully saturated rings. The molecule has 0 unspecified atom stereocenters. The Bertz CT molecular complexity index is 643. The van der Waals surface area contributed by atoms with Crippen LogP contribution in [0.5, 0.6) is 0 Å². The summed E-state index contributed by atoms with van der Waals surface area (Å²) in [5.41, 5.74) is -0.515. The Balaban J connectivity index is 3.09. The number of rotatable bonds is 40. The molecule has 0 saturated heterocycles. The van der Waals surface area contributed by atoms with Gasteiger partial charge < -0.3 is 66.3 Å². The number of esters is 1. The number of halogens is 1. The van der Waals surface area contributed by atoms with Crippen LogP contribution in [0.3, 0.4) is 0 Å². The van der Waals surface area contributed by atoms with E-state index in [2.05, 4.69) is 0 Å². The number of ether oxygens (including phenoxy) is 14. The van der Waals surface area contributed by atoms with Gasteiger partial charge in [0, 0.05) is 0 Å². The van der Waals surface area contributed by atoms with Gasteiger partial charge in [-0.15, -0.1) is 0 Å². The first kappa shape index (κ1) is 46.9. The van der Waals surface area contributed by atoms with Crippen LogP contribution in [0.1, 0.15) is 20.8 Å². The first-order valence-corrected chi connectivity index (χ1v) is 16.7. The molecule has 0 bridgehead atoms. The monoisotopic (exact) mass is 706 g/mol. The van der Waals surface area contributed by atoms with Gasteiger partial charge in [0.25, 0.3) is 0 Å². The van der Waals surface area contributed by atoms with Crippen molar-refractivity contribution in [1.29, 1.82) is 0 Å². The van der Waals surface area contributed by atoms with Crippen LogP contribution < -0.4 is 0 Å². The fraction of sp³-hybridized carbons (Fsp3) is 0.969. The van der Waals surface area contributed by atoms with E-state index in [0.717, 1.165) is 0 Å². The molecule has 0 heterocycles. The van der Waals surface area contributed by atoms with Crippen molar-refractivity contribution in [2.45, 2.75) is 26.4 Å². The Morgan fingerprint density at radius 3 is 0.729 bits per heavy atom. The summed E-state index contributed by atoms with van der Waals surface area (Å²) in [6.07, 6.45) is 0. The van der Waals surface area contributed by atoms with Gasteiger partial charge >= 0.3 is 5.97 Å². The predicted octanol–water partition coefficient (Wildman–Crippen LogP) is 1.51. The Labute approximate surface area is 286 Å². The Morgan fingerprint density at radius 2 is 0.542 bits per heavy atom. The molecule has 0 aliphatic carbocycles. The van der Waals surface area contributed by atoms with Gasteiger partial charge in [0.1, 0.15) is 18.9 Å². The second-order valence-electron chi connectivity index (χ2n) is 10.7. The van der Waals surface area contributed by atoms with Crippen molar-refractivity contribution in [1.82, 2.24) is 0 Å². The highest BCUT2D eigenvalue weighted by Crippen LogP contribution is 2.06. The molecule has 0 rings (SSSR count). The highest BCUT2D eigenvalue weighted by atomic mass is 19.1. The molecule has 0 aromatic carbocycles. The maximum Gasteiger partial charge on any atom is 0.332 e. The molecule has 0 spiro atoms. The third kappa shape index (κ3) is 42.9. The van der Waals surface area contributed by atoms with E-state index in [1.54, 1.807) is 0 Å². The molecule has 0 aromatic heterocycles. The Hall–Kier alpha value is -1.12. The van der Waals surface area contributed by atoms with Gasteiger partial charge in [-0.2, -0.15) is 0 Å². The van der Waals surface area contributed by atoms with E-state index >= 15 is 0 Å². The molecule has 0 aromatic rings. The molecule has 16 heteroatoms. The van der Waals surface area contributed by atoms with Crippen LogP contribution in [0.2, 0.25) is 0 Å². The molecule has 0 radical (unpaired) electrons. The first-order chi connectivity index (χ1) is 23.5. The number of alkyl halides is 1. The third-order valence-electron chi connectivity index (χ3n) is 5.33. The molecule has 0 amide bonds. The number of hydrogen-bond donors (Lipinski definition) is 0. The van der Waals surface area contributed by atoms with E-state index < -0.39 is 18.2 Å². The number of carbonyl (C=O) groups excluding carboxylic acids is 1. The molecule has 288 valence electrons. The molecule has 0 saturated carbocycles. The van der Waals surface area contributed by atoms with Crippen LogP contribution in [0.4, 0.5) is 4.39 Å². The summed E-state index contributed by atoms with van der Waals surface area (Å²) in [7, 11) is 0. The van der Waals surface area contributed by atoms with Gasteiger partial charge in [-0.25, -0.2) is 9.18 Å². The minimum atomic E-state index is -0.515. The zero-order valence-electron chi connectivity index (χ0n) is 29.6. The zero-order chi connectivity index (χ0) is 35.1. The Morgan fingerprint density at radius 1 is 0.354 bits per heavy atom. The second-order valence-corrected chi connectivity index (χ2v) is 10.7. The van der Waals surface area contributed by atoms with E-state index in [-0.39, 0.29) is 13.2 Å². The SMILES string of the molecule is CC(C)(C)OC(=O)COCCOCCOCCOCCOCCOCCOCCOCCOCCOCCOCCOCCOCCF. The van der Waals surface area contributed by atoms with Gasteiger partial charge in [-0.05, 0) is 20.8 Å². The van der Waals surface area contributed by atoms with Gasteiger partial charge in [0.05, 0.1) is 165 Å². The molecule has 0 N–H and O–H groups in total.